The predicted molar refractivity (Wildman–Crippen MR) is 103 cm³/mol. The maximum absolute atomic E-state index is 10.6. The Bertz CT molecular complexity index is 809. The molecule has 0 bridgehead atoms. The number of nitrogens with zero attached hydrogens (tertiary/aromatic N) is 1. The van der Waals surface area contributed by atoms with Gasteiger partial charge in [0, 0.05) is 17.4 Å². The molecule has 0 amide bonds. The number of carbonyl (C=O) groups is 1. The Morgan fingerprint density at radius 1 is 1.26 bits per heavy atom. The Labute approximate surface area is 159 Å². The maximum Gasteiger partial charge on any atom is 0.329 e. The zero-order valence-electron chi connectivity index (χ0n) is 15.5. The molecule has 1 aromatic heterocycles. The number of aliphatic carboxylic acids is 1. The second-order valence-electron chi connectivity index (χ2n) is 6.09. The molecule has 0 radical (unpaired) electrons. The van der Waals surface area contributed by atoms with Crippen LogP contribution in [0.4, 0.5) is 0 Å². The third-order valence-electron chi connectivity index (χ3n) is 3.88. The summed E-state index contributed by atoms with van der Waals surface area (Å²) in [4.78, 5) is 14.9. The molecule has 1 unspecified atom stereocenters. The van der Waals surface area contributed by atoms with Gasteiger partial charge in [-0.3, -0.25) is 0 Å². The lowest BCUT2D eigenvalue weighted by Crippen LogP contribution is -2.07. The maximum atomic E-state index is 10.6. The van der Waals surface area contributed by atoms with Crippen LogP contribution in [0.25, 0.3) is 10.9 Å². The van der Waals surface area contributed by atoms with Crippen molar-refractivity contribution in [3.63, 3.8) is 0 Å². The van der Waals surface area contributed by atoms with E-state index in [1.807, 2.05) is 30.3 Å². The van der Waals surface area contributed by atoms with E-state index in [1.54, 1.807) is 0 Å². The number of carboxylic acid groups (broad SMARTS) is 1. The molecule has 0 fully saturated rings. The lowest BCUT2D eigenvalue weighted by molar-refractivity contribution is -0.141. The average molecular weight is 371 g/mol. The summed E-state index contributed by atoms with van der Waals surface area (Å²) in [7, 11) is 0. The lowest BCUT2D eigenvalue weighted by Gasteiger charge is -2.15. The monoisotopic (exact) mass is 371 g/mol. The van der Waals surface area contributed by atoms with E-state index >= 15 is 0 Å². The van der Waals surface area contributed by atoms with Crippen LogP contribution in [0.2, 0.25) is 0 Å². The number of hydrogen-bond donors (Lipinski definition) is 2. The third-order valence-corrected chi connectivity index (χ3v) is 3.88. The molecule has 0 aliphatic rings. The summed E-state index contributed by atoms with van der Waals surface area (Å²) in [5, 5.41) is 20.0. The van der Waals surface area contributed by atoms with Crippen molar-refractivity contribution in [3.8, 4) is 17.7 Å². The molecule has 144 valence electrons. The molecular formula is C21H25NO5. The Balaban J connectivity index is 2.08. The molecular weight excluding hydrogens is 346 g/mol. The average Bonchev–Trinajstić information content (AvgIpc) is 2.67. The Kier molecular flexibility index (Phi) is 8.56. The number of pyridine rings is 1. The van der Waals surface area contributed by atoms with E-state index in [2.05, 4.69) is 23.7 Å². The Morgan fingerprint density at radius 3 is 2.85 bits per heavy atom. The molecule has 6 nitrogen and oxygen atoms in total. The lowest BCUT2D eigenvalue weighted by atomic mass is 10.1. The topological polar surface area (TPSA) is 88.9 Å². The van der Waals surface area contributed by atoms with Crippen molar-refractivity contribution < 1.29 is 24.5 Å². The van der Waals surface area contributed by atoms with Gasteiger partial charge in [-0.15, -0.1) is 0 Å². The molecule has 2 rings (SSSR count). The van der Waals surface area contributed by atoms with Gasteiger partial charge in [-0.1, -0.05) is 49.8 Å². The Hall–Kier alpha value is -2.62. The standard InChI is InChI=1S/C21H25NO5/c1-2-3-7-13-27-21-17(14-16-9-4-5-10-18(16)22-21)19(23)11-6-8-12-26-15-20(24)25/h4-5,9-10,14,19,23H,2-3,7,11-13,15H2,1H3,(H,24,25). The van der Waals surface area contributed by atoms with Gasteiger partial charge in [0.2, 0.25) is 5.88 Å². The van der Waals surface area contributed by atoms with Crippen molar-refractivity contribution in [2.75, 3.05) is 19.8 Å². The SMILES string of the molecule is CCCCCOc1nc2ccccc2cc1C(O)CC#CCOCC(=O)O. The van der Waals surface area contributed by atoms with Crippen molar-refractivity contribution in [2.45, 2.75) is 38.7 Å². The van der Waals surface area contributed by atoms with Crippen LogP contribution in [0.1, 0.15) is 44.3 Å². The number of carboxylic acids is 1. The molecule has 0 aliphatic carbocycles. The number of para-hydroxylation sites is 1. The highest BCUT2D eigenvalue weighted by atomic mass is 16.5. The predicted octanol–water partition coefficient (Wildman–Crippen LogP) is 3.33. The van der Waals surface area contributed by atoms with E-state index in [-0.39, 0.29) is 19.6 Å². The van der Waals surface area contributed by atoms with Crippen molar-refractivity contribution in [2.24, 2.45) is 0 Å². The van der Waals surface area contributed by atoms with Crippen molar-refractivity contribution in [1.82, 2.24) is 4.98 Å². The molecule has 0 aliphatic heterocycles. The first-order valence-electron chi connectivity index (χ1n) is 9.07. The van der Waals surface area contributed by atoms with Gasteiger partial charge in [-0.2, -0.15) is 0 Å². The minimum atomic E-state index is -1.04. The molecule has 1 atom stereocenters. The van der Waals surface area contributed by atoms with Gasteiger partial charge in [0.15, 0.2) is 0 Å². The number of unbranched alkanes of at least 4 members (excludes halogenated alkanes) is 2. The molecule has 2 aromatic rings. The van der Waals surface area contributed by atoms with E-state index in [0.717, 1.165) is 30.2 Å². The first-order chi connectivity index (χ1) is 13.1. The van der Waals surface area contributed by atoms with Crippen LogP contribution in [0.3, 0.4) is 0 Å². The van der Waals surface area contributed by atoms with E-state index in [0.29, 0.717) is 18.1 Å². The molecule has 6 heteroatoms. The molecule has 1 heterocycles. The minimum absolute atomic E-state index is 0.00929. The van der Waals surface area contributed by atoms with Gasteiger partial charge >= 0.3 is 5.97 Å². The van der Waals surface area contributed by atoms with Gasteiger partial charge in [-0.05, 0) is 18.6 Å². The summed E-state index contributed by atoms with van der Waals surface area (Å²) in [6.45, 7) is 2.30. The number of aliphatic hydroxyl groups is 1. The first kappa shape index (κ1) is 20.7. The second-order valence-corrected chi connectivity index (χ2v) is 6.09. The molecule has 1 aromatic carbocycles. The van der Waals surface area contributed by atoms with Crippen LogP contribution in [0.15, 0.2) is 30.3 Å². The summed E-state index contributed by atoms with van der Waals surface area (Å²) < 4.78 is 10.7. The second kappa shape index (κ2) is 11.2. The van der Waals surface area contributed by atoms with E-state index in [4.69, 9.17) is 14.6 Å². The highest BCUT2D eigenvalue weighted by Gasteiger charge is 2.16. The fraction of sp³-hybridized carbons (Fsp3) is 0.429. The highest BCUT2D eigenvalue weighted by Crippen LogP contribution is 2.29. The minimum Gasteiger partial charge on any atom is -0.480 e. The van der Waals surface area contributed by atoms with Gasteiger partial charge in [0.05, 0.1) is 18.2 Å². The van der Waals surface area contributed by atoms with Crippen LogP contribution in [-0.2, 0) is 9.53 Å². The molecule has 27 heavy (non-hydrogen) atoms. The van der Waals surface area contributed by atoms with Crippen LogP contribution >= 0.6 is 0 Å². The van der Waals surface area contributed by atoms with Crippen molar-refractivity contribution in [3.05, 3.63) is 35.9 Å². The normalized spacial score (nSPS) is 11.6. The highest BCUT2D eigenvalue weighted by molar-refractivity contribution is 5.80. The van der Waals surface area contributed by atoms with Crippen LogP contribution in [0, 0.1) is 11.8 Å². The largest absolute Gasteiger partial charge is 0.480 e. The van der Waals surface area contributed by atoms with Crippen LogP contribution in [-0.4, -0.2) is 41.0 Å². The van der Waals surface area contributed by atoms with Crippen molar-refractivity contribution in [1.29, 1.82) is 0 Å². The van der Waals surface area contributed by atoms with Gasteiger partial charge in [0.1, 0.15) is 13.2 Å². The van der Waals surface area contributed by atoms with Crippen LogP contribution < -0.4 is 4.74 Å². The fourth-order valence-electron chi connectivity index (χ4n) is 2.51. The molecule has 0 saturated carbocycles. The van der Waals surface area contributed by atoms with E-state index < -0.39 is 12.1 Å². The van der Waals surface area contributed by atoms with Gasteiger partial charge in [0.25, 0.3) is 0 Å². The zero-order chi connectivity index (χ0) is 19.5. The van der Waals surface area contributed by atoms with E-state index in [9.17, 15) is 9.90 Å². The first-order valence-corrected chi connectivity index (χ1v) is 9.07. The number of aliphatic hydroxyl groups excluding tert-OH is 1. The van der Waals surface area contributed by atoms with Crippen molar-refractivity contribution >= 4 is 16.9 Å². The fourth-order valence-corrected chi connectivity index (χ4v) is 2.51. The van der Waals surface area contributed by atoms with Gasteiger partial charge < -0.3 is 19.7 Å². The molecule has 2 N–H and O–H groups in total. The quantitative estimate of drug-likeness (QED) is 0.492. The Morgan fingerprint density at radius 2 is 2.07 bits per heavy atom. The summed E-state index contributed by atoms with van der Waals surface area (Å²) in [5.74, 6) is 4.90. The van der Waals surface area contributed by atoms with Crippen LogP contribution in [0.5, 0.6) is 5.88 Å². The number of aromatic nitrogens is 1. The van der Waals surface area contributed by atoms with Gasteiger partial charge in [-0.25, -0.2) is 9.78 Å². The summed E-state index contributed by atoms with van der Waals surface area (Å²) >= 11 is 0. The molecule has 0 saturated heterocycles. The number of hydrogen-bond acceptors (Lipinski definition) is 5. The number of benzene rings is 1. The molecule has 0 spiro atoms. The smallest absolute Gasteiger partial charge is 0.329 e. The third kappa shape index (κ3) is 6.89. The summed E-state index contributed by atoms with van der Waals surface area (Å²) in [6, 6.07) is 9.55. The number of rotatable bonds is 10. The number of fused-ring (bicyclic) bond motifs is 1. The van der Waals surface area contributed by atoms with E-state index in [1.165, 1.54) is 0 Å². The summed E-state index contributed by atoms with van der Waals surface area (Å²) in [5.41, 5.74) is 1.41. The zero-order valence-corrected chi connectivity index (χ0v) is 15.5. The summed E-state index contributed by atoms with van der Waals surface area (Å²) in [6.07, 6.45) is 2.44. The number of ether oxygens (including phenoxy) is 2.